The third kappa shape index (κ3) is 3.02. The molecule has 0 aromatic heterocycles. The number of nitrogens with zero attached hydrogens (tertiary/aromatic N) is 2. The Kier molecular flexibility index (Phi) is 4.46. The highest BCUT2D eigenvalue weighted by molar-refractivity contribution is 7.89. The summed E-state index contributed by atoms with van der Waals surface area (Å²) in [6, 6.07) is 7.89. The minimum absolute atomic E-state index is 0.178. The molecule has 2 fully saturated rings. The monoisotopic (exact) mass is 324 g/mol. The van der Waals surface area contributed by atoms with E-state index in [0.717, 1.165) is 17.4 Å². The van der Waals surface area contributed by atoms with Gasteiger partial charge in [0.1, 0.15) is 0 Å². The molecule has 0 N–H and O–H groups in total. The zero-order valence-corrected chi connectivity index (χ0v) is 13.2. The van der Waals surface area contributed by atoms with Crippen LogP contribution in [0.15, 0.2) is 35.2 Å². The Morgan fingerprint density at radius 3 is 2.50 bits per heavy atom. The summed E-state index contributed by atoms with van der Waals surface area (Å²) in [5.41, 5.74) is 0. The predicted molar refractivity (Wildman–Crippen MR) is 80.8 cm³/mol. The quantitative estimate of drug-likeness (QED) is 0.815. The van der Waals surface area contributed by atoms with E-state index < -0.39 is 10.0 Å². The zero-order valence-electron chi connectivity index (χ0n) is 12.3. The first-order valence-electron chi connectivity index (χ1n) is 7.51. The van der Waals surface area contributed by atoms with Crippen molar-refractivity contribution in [1.29, 1.82) is 0 Å². The lowest BCUT2D eigenvalue weighted by atomic mass is 10.2. The van der Waals surface area contributed by atoms with Crippen molar-refractivity contribution in [3.63, 3.8) is 0 Å². The van der Waals surface area contributed by atoms with Gasteiger partial charge in [-0.25, -0.2) is 12.7 Å². The second-order valence-corrected chi connectivity index (χ2v) is 7.43. The van der Waals surface area contributed by atoms with E-state index >= 15 is 0 Å². The summed E-state index contributed by atoms with van der Waals surface area (Å²) in [6.07, 6.45) is 0.878. The van der Waals surface area contributed by atoms with Gasteiger partial charge in [-0.15, -0.1) is 0 Å². The molecule has 1 atom stereocenters. The number of carbonyl (C=O) groups is 1. The maximum Gasteiger partial charge on any atom is 0.266 e. The van der Waals surface area contributed by atoms with Gasteiger partial charge in [-0.2, -0.15) is 0 Å². The van der Waals surface area contributed by atoms with Crippen LogP contribution in [0, 0.1) is 0 Å². The van der Waals surface area contributed by atoms with E-state index in [1.165, 1.54) is 12.1 Å². The minimum Gasteiger partial charge on any atom is -0.379 e. The van der Waals surface area contributed by atoms with Gasteiger partial charge in [-0.3, -0.25) is 9.69 Å². The Hall–Kier alpha value is -1.44. The fourth-order valence-corrected chi connectivity index (χ4v) is 4.66. The second kappa shape index (κ2) is 6.36. The van der Waals surface area contributed by atoms with E-state index in [4.69, 9.17) is 4.74 Å². The summed E-state index contributed by atoms with van der Waals surface area (Å²) in [7, 11) is -3.76. The topological polar surface area (TPSA) is 66.9 Å². The van der Waals surface area contributed by atoms with Crippen molar-refractivity contribution in [3.8, 4) is 0 Å². The van der Waals surface area contributed by atoms with Crippen LogP contribution in [0.4, 0.5) is 0 Å². The van der Waals surface area contributed by atoms with Gasteiger partial charge in [0.05, 0.1) is 24.2 Å². The molecule has 3 rings (SSSR count). The molecule has 1 aromatic rings. The highest BCUT2D eigenvalue weighted by Gasteiger charge is 2.41. The Bertz CT molecular complexity index is 626. The number of sulfonamides is 1. The van der Waals surface area contributed by atoms with E-state index in [0.29, 0.717) is 32.6 Å². The van der Waals surface area contributed by atoms with E-state index in [2.05, 4.69) is 4.90 Å². The molecule has 2 aliphatic rings. The van der Waals surface area contributed by atoms with Crippen molar-refractivity contribution in [1.82, 2.24) is 9.21 Å². The van der Waals surface area contributed by atoms with Crippen LogP contribution in [-0.4, -0.2) is 62.4 Å². The molecule has 0 saturated carbocycles. The fourth-order valence-electron chi connectivity index (χ4n) is 3.00. The fraction of sp³-hybridized carbons (Fsp3) is 0.533. The number of hydrogen-bond donors (Lipinski definition) is 0. The average molecular weight is 324 g/mol. The first-order chi connectivity index (χ1) is 10.6. The number of rotatable bonds is 4. The van der Waals surface area contributed by atoms with Crippen molar-refractivity contribution in [2.45, 2.75) is 23.8 Å². The molecule has 1 amide bonds. The number of amides is 1. The smallest absolute Gasteiger partial charge is 0.266 e. The molecule has 2 saturated heterocycles. The van der Waals surface area contributed by atoms with E-state index in [-0.39, 0.29) is 16.8 Å². The van der Waals surface area contributed by atoms with Gasteiger partial charge in [0, 0.05) is 26.1 Å². The van der Waals surface area contributed by atoms with E-state index in [1.54, 1.807) is 18.2 Å². The highest BCUT2D eigenvalue weighted by atomic mass is 32.2. The summed E-state index contributed by atoms with van der Waals surface area (Å²) in [6.45, 7) is 3.47. The molecule has 2 heterocycles. The number of ether oxygens (including phenoxy) is 1. The number of hydrogen-bond acceptors (Lipinski definition) is 5. The minimum atomic E-state index is -3.76. The molecular formula is C15H20N2O4S. The summed E-state index contributed by atoms with van der Waals surface area (Å²) in [5, 5.41) is 0. The van der Waals surface area contributed by atoms with Crippen LogP contribution >= 0.6 is 0 Å². The first kappa shape index (κ1) is 15.5. The molecule has 0 bridgehead atoms. The molecule has 22 heavy (non-hydrogen) atoms. The number of benzene rings is 1. The van der Waals surface area contributed by atoms with Crippen LogP contribution in [0.2, 0.25) is 0 Å². The van der Waals surface area contributed by atoms with Crippen molar-refractivity contribution in [3.05, 3.63) is 30.3 Å². The van der Waals surface area contributed by atoms with E-state index in [9.17, 15) is 13.2 Å². The maximum atomic E-state index is 12.8. The summed E-state index contributed by atoms with van der Waals surface area (Å²) in [4.78, 5) is 14.5. The van der Waals surface area contributed by atoms with Gasteiger partial charge in [-0.05, 0) is 18.6 Å². The lowest BCUT2D eigenvalue weighted by molar-refractivity contribution is -0.124. The lowest BCUT2D eigenvalue weighted by Gasteiger charge is -2.32. The van der Waals surface area contributed by atoms with Gasteiger partial charge < -0.3 is 4.74 Å². The first-order valence-corrected chi connectivity index (χ1v) is 8.95. The Morgan fingerprint density at radius 2 is 1.82 bits per heavy atom. The SMILES string of the molecule is O=C1CCC(CN2CCOCC2)N1S(=O)(=O)c1ccccc1. The molecule has 1 unspecified atom stereocenters. The number of carbonyl (C=O) groups excluding carboxylic acids is 1. The Labute approximate surface area is 130 Å². The standard InChI is InChI=1S/C15H20N2O4S/c18-15-7-6-13(12-16-8-10-21-11-9-16)17(15)22(19,20)14-4-2-1-3-5-14/h1-5,13H,6-12H2. The molecule has 120 valence electrons. The normalized spacial score (nSPS) is 23.9. The molecule has 0 aliphatic carbocycles. The average Bonchev–Trinajstić information content (AvgIpc) is 2.90. The third-order valence-corrected chi connectivity index (χ3v) is 6.03. The molecule has 6 nitrogen and oxygen atoms in total. The van der Waals surface area contributed by atoms with Crippen LogP contribution in [-0.2, 0) is 19.6 Å². The zero-order chi connectivity index (χ0) is 15.6. The largest absolute Gasteiger partial charge is 0.379 e. The van der Waals surface area contributed by atoms with Crippen molar-refractivity contribution in [2.75, 3.05) is 32.8 Å². The van der Waals surface area contributed by atoms with Crippen LogP contribution in [0.1, 0.15) is 12.8 Å². The Balaban J connectivity index is 1.81. The van der Waals surface area contributed by atoms with Crippen molar-refractivity contribution in [2.24, 2.45) is 0 Å². The summed E-state index contributed by atoms with van der Waals surface area (Å²) in [5.74, 6) is -0.304. The van der Waals surface area contributed by atoms with Crippen molar-refractivity contribution >= 4 is 15.9 Å². The summed E-state index contributed by atoms with van der Waals surface area (Å²) >= 11 is 0. The predicted octanol–water partition coefficient (Wildman–Crippen LogP) is 0.699. The molecular weight excluding hydrogens is 304 g/mol. The maximum absolute atomic E-state index is 12.8. The van der Waals surface area contributed by atoms with Crippen LogP contribution in [0.3, 0.4) is 0 Å². The van der Waals surface area contributed by atoms with Gasteiger partial charge in [-0.1, -0.05) is 18.2 Å². The Morgan fingerprint density at radius 1 is 1.14 bits per heavy atom. The third-order valence-electron chi connectivity index (χ3n) is 4.14. The molecule has 0 radical (unpaired) electrons. The molecule has 1 aromatic carbocycles. The van der Waals surface area contributed by atoms with Gasteiger partial charge in [0.25, 0.3) is 10.0 Å². The second-order valence-electron chi connectivity index (χ2n) is 5.61. The number of morpholine rings is 1. The molecule has 2 aliphatic heterocycles. The summed E-state index contributed by atoms with van der Waals surface area (Å²) < 4.78 is 31.9. The van der Waals surface area contributed by atoms with Gasteiger partial charge in [0.15, 0.2) is 0 Å². The van der Waals surface area contributed by atoms with Crippen LogP contribution < -0.4 is 0 Å². The van der Waals surface area contributed by atoms with Crippen molar-refractivity contribution < 1.29 is 17.9 Å². The van der Waals surface area contributed by atoms with E-state index in [1.807, 2.05) is 0 Å². The lowest BCUT2D eigenvalue weighted by Crippen LogP contribution is -2.47. The van der Waals surface area contributed by atoms with Crippen LogP contribution in [0.5, 0.6) is 0 Å². The van der Waals surface area contributed by atoms with Crippen LogP contribution in [0.25, 0.3) is 0 Å². The highest BCUT2D eigenvalue weighted by Crippen LogP contribution is 2.27. The molecule has 7 heteroatoms. The molecule has 0 spiro atoms. The van der Waals surface area contributed by atoms with Gasteiger partial charge >= 0.3 is 0 Å². The van der Waals surface area contributed by atoms with Gasteiger partial charge in [0.2, 0.25) is 5.91 Å².